The molecule has 0 aromatic heterocycles. The van der Waals surface area contributed by atoms with Crippen LogP contribution in [0, 0.1) is 0 Å². The first kappa shape index (κ1) is 18.0. The topological polar surface area (TPSA) is 55.8 Å². The summed E-state index contributed by atoms with van der Waals surface area (Å²) in [4.78, 5) is 1.30. The number of nitrogens with zero attached hydrogens (tertiary/aromatic N) is 1. The van der Waals surface area contributed by atoms with Crippen LogP contribution in [0.25, 0.3) is 0 Å². The van der Waals surface area contributed by atoms with E-state index in [0.29, 0.717) is 17.2 Å². The second kappa shape index (κ2) is 6.33. The van der Waals surface area contributed by atoms with E-state index in [0.717, 1.165) is 37.1 Å². The fourth-order valence-electron chi connectivity index (χ4n) is 3.49. The van der Waals surface area contributed by atoms with Crippen molar-refractivity contribution in [1.82, 2.24) is 0 Å². The van der Waals surface area contributed by atoms with E-state index < -0.39 is 20.2 Å². The molecule has 2 aliphatic heterocycles. The molecule has 0 amide bonds. The summed E-state index contributed by atoms with van der Waals surface area (Å²) in [5.41, 5.74) is -3.61. The Bertz CT molecular complexity index is 958. The Morgan fingerprint density at radius 2 is 1.70 bits per heavy atom. The molecule has 0 bridgehead atoms. The van der Waals surface area contributed by atoms with Crippen LogP contribution in [0.5, 0.6) is 11.5 Å². The Labute approximate surface area is 154 Å². The molecule has 2 aromatic carbocycles. The van der Waals surface area contributed by atoms with E-state index in [1.807, 2.05) is 18.2 Å². The number of hydrogen-bond acceptors (Lipinski definition) is 5. The lowest BCUT2D eigenvalue weighted by Gasteiger charge is -2.27. The van der Waals surface area contributed by atoms with Crippen LogP contribution < -0.4 is 14.4 Å². The summed E-state index contributed by atoms with van der Waals surface area (Å²) >= 11 is 0. The molecular formula is C18H16F3NO4S. The molecule has 0 saturated carbocycles. The third kappa shape index (κ3) is 3.09. The van der Waals surface area contributed by atoms with Gasteiger partial charge in [0.1, 0.15) is 0 Å². The lowest BCUT2D eigenvalue weighted by molar-refractivity contribution is -0.0436. The number of halogens is 3. The van der Waals surface area contributed by atoms with Crippen molar-refractivity contribution in [3.05, 3.63) is 48.0 Å². The molecule has 1 atom stereocenters. The molecule has 2 aliphatic rings. The van der Waals surface area contributed by atoms with Crippen LogP contribution in [0.15, 0.2) is 47.4 Å². The summed E-state index contributed by atoms with van der Waals surface area (Å²) in [6, 6.07) is 10.6. The molecule has 2 heterocycles. The monoisotopic (exact) mass is 399 g/mol. The Hall–Kier alpha value is -2.42. The number of anilines is 1. The van der Waals surface area contributed by atoms with Crippen molar-refractivity contribution in [3.8, 4) is 11.5 Å². The van der Waals surface area contributed by atoms with Gasteiger partial charge in [-0.3, -0.25) is 0 Å². The highest BCUT2D eigenvalue weighted by Gasteiger charge is 2.46. The maximum absolute atomic E-state index is 12.7. The fraction of sp³-hybridized carbons (Fsp3) is 0.333. The van der Waals surface area contributed by atoms with Crippen LogP contribution in [0.3, 0.4) is 0 Å². The van der Waals surface area contributed by atoms with Gasteiger partial charge < -0.3 is 14.4 Å². The van der Waals surface area contributed by atoms with Crippen LogP contribution in [-0.4, -0.2) is 27.3 Å². The molecule has 0 radical (unpaired) electrons. The standard InChI is InChI=1S/C18H16F3NO4S/c19-18(20,21)27(23,24)14-6-4-13(5-7-14)22-9-1-2-15(22)12-3-8-16-17(10-12)26-11-25-16/h3-8,10,15H,1-2,9,11H2. The Morgan fingerprint density at radius 1 is 1.00 bits per heavy atom. The summed E-state index contributed by atoms with van der Waals surface area (Å²) in [5, 5.41) is 0. The maximum atomic E-state index is 12.7. The minimum absolute atomic E-state index is 0.0320. The summed E-state index contributed by atoms with van der Waals surface area (Å²) in [6.45, 7) is 0.910. The molecule has 5 nitrogen and oxygen atoms in total. The number of ether oxygens (including phenoxy) is 2. The fourth-order valence-corrected chi connectivity index (χ4v) is 4.25. The number of hydrogen-bond donors (Lipinski definition) is 0. The minimum atomic E-state index is -5.34. The minimum Gasteiger partial charge on any atom is -0.454 e. The van der Waals surface area contributed by atoms with Gasteiger partial charge in [-0.1, -0.05) is 6.07 Å². The van der Waals surface area contributed by atoms with Gasteiger partial charge in [-0.2, -0.15) is 13.2 Å². The lowest BCUT2D eigenvalue weighted by Crippen LogP contribution is -2.24. The number of fused-ring (bicyclic) bond motifs is 1. The van der Waals surface area contributed by atoms with E-state index in [-0.39, 0.29) is 12.8 Å². The molecule has 1 saturated heterocycles. The normalized spacial score (nSPS) is 19.5. The van der Waals surface area contributed by atoms with Crippen molar-refractivity contribution < 1.29 is 31.1 Å². The van der Waals surface area contributed by atoms with Crippen LogP contribution >= 0.6 is 0 Å². The molecule has 4 rings (SSSR count). The molecule has 0 aliphatic carbocycles. The van der Waals surface area contributed by atoms with Gasteiger partial charge >= 0.3 is 5.51 Å². The van der Waals surface area contributed by atoms with Crippen molar-refractivity contribution in [2.24, 2.45) is 0 Å². The van der Waals surface area contributed by atoms with Crippen LogP contribution in [0.1, 0.15) is 24.4 Å². The molecule has 2 aromatic rings. The second-order valence-electron chi connectivity index (χ2n) is 6.41. The number of sulfone groups is 1. The SMILES string of the molecule is O=S(=O)(c1ccc(N2CCCC2c2ccc3c(c2)OCO3)cc1)C(F)(F)F. The second-order valence-corrected chi connectivity index (χ2v) is 8.35. The summed E-state index contributed by atoms with van der Waals surface area (Å²) in [6.07, 6.45) is 1.80. The summed E-state index contributed by atoms with van der Waals surface area (Å²) in [5.74, 6) is 1.36. The molecule has 0 spiro atoms. The van der Waals surface area contributed by atoms with Crippen molar-refractivity contribution in [2.75, 3.05) is 18.2 Å². The third-order valence-corrected chi connectivity index (χ3v) is 6.32. The zero-order chi connectivity index (χ0) is 19.2. The largest absolute Gasteiger partial charge is 0.501 e. The molecule has 1 fully saturated rings. The van der Waals surface area contributed by atoms with Crippen LogP contribution in [0.4, 0.5) is 18.9 Å². The predicted molar refractivity (Wildman–Crippen MR) is 91.6 cm³/mol. The number of rotatable bonds is 3. The zero-order valence-electron chi connectivity index (χ0n) is 14.1. The van der Waals surface area contributed by atoms with E-state index in [2.05, 4.69) is 4.90 Å². The van der Waals surface area contributed by atoms with Gasteiger partial charge in [0, 0.05) is 12.2 Å². The van der Waals surface area contributed by atoms with E-state index >= 15 is 0 Å². The van der Waals surface area contributed by atoms with Crippen LogP contribution in [-0.2, 0) is 9.84 Å². The van der Waals surface area contributed by atoms with E-state index in [9.17, 15) is 21.6 Å². The first-order valence-electron chi connectivity index (χ1n) is 8.35. The summed E-state index contributed by atoms with van der Waals surface area (Å²) in [7, 11) is -5.34. The van der Waals surface area contributed by atoms with E-state index in [4.69, 9.17) is 9.47 Å². The molecule has 1 unspecified atom stereocenters. The maximum Gasteiger partial charge on any atom is 0.501 e. The quantitative estimate of drug-likeness (QED) is 0.780. The first-order valence-corrected chi connectivity index (χ1v) is 9.83. The molecule has 0 N–H and O–H groups in total. The third-order valence-electron chi connectivity index (χ3n) is 4.82. The van der Waals surface area contributed by atoms with Gasteiger partial charge in [-0.25, -0.2) is 8.42 Å². The van der Waals surface area contributed by atoms with Crippen molar-refractivity contribution in [2.45, 2.75) is 29.3 Å². The first-order chi connectivity index (χ1) is 12.8. The molecular weight excluding hydrogens is 383 g/mol. The highest BCUT2D eigenvalue weighted by atomic mass is 32.2. The summed E-state index contributed by atoms with van der Waals surface area (Å²) < 4.78 is 71.8. The lowest BCUT2D eigenvalue weighted by atomic mass is 10.0. The van der Waals surface area contributed by atoms with E-state index in [1.165, 1.54) is 12.1 Å². The highest BCUT2D eigenvalue weighted by Crippen LogP contribution is 2.41. The van der Waals surface area contributed by atoms with Crippen molar-refractivity contribution >= 4 is 15.5 Å². The van der Waals surface area contributed by atoms with Gasteiger partial charge in [0.2, 0.25) is 6.79 Å². The van der Waals surface area contributed by atoms with E-state index in [1.54, 1.807) is 0 Å². The molecule has 9 heteroatoms. The number of alkyl halides is 3. The molecule has 27 heavy (non-hydrogen) atoms. The zero-order valence-corrected chi connectivity index (χ0v) is 14.9. The van der Waals surface area contributed by atoms with Gasteiger partial charge in [-0.05, 0) is 54.8 Å². The van der Waals surface area contributed by atoms with Gasteiger partial charge in [-0.15, -0.1) is 0 Å². The Morgan fingerprint density at radius 3 is 2.41 bits per heavy atom. The average Bonchev–Trinajstić information content (AvgIpc) is 3.29. The Balaban J connectivity index is 1.61. The smallest absolute Gasteiger partial charge is 0.454 e. The van der Waals surface area contributed by atoms with Gasteiger partial charge in [0.15, 0.2) is 11.5 Å². The van der Waals surface area contributed by atoms with Crippen molar-refractivity contribution in [3.63, 3.8) is 0 Å². The Kier molecular flexibility index (Phi) is 4.21. The average molecular weight is 399 g/mol. The van der Waals surface area contributed by atoms with Gasteiger partial charge in [0.05, 0.1) is 10.9 Å². The van der Waals surface area contributed by atoms with Crippen molar-refractivity contribution in [1.29, 1.82) is 0 Å². The van der Waals surface area contributed by atoms with Crippen LogP contribution in [0.2, 0.25) is 0 Å². The number of benzene rings is 2. The van der Waals surface area contributed by atoms with Gasteiger partial charge in [0.25, 0.3) is 9.84 Å². The highest BCUT2D eigenvalue weighted by molar-refractivity contribution is 7.92. The predicted octanol–water partition coefficient (Wildman–Crippen LogP) is 4.05. The molecule has 144 valence electrons.